The van der Waals surface area contributed by atoms with Crippen LogP contribution in [0.2, 0.25) is 0 Å². The molecule has 1 aliphatic rings. The van der Waals surface area contributed by atoms with Crippen molar-refractivity contribution >= 4 is 0 Å². The summed E-state index contributed by atoms with van der Waals surface area (Å²) in [6.45, 7) is 5.97. The van der Waals surface area contributed by atoms with Crippen molar-refractivity contribution in [1.29, 1.82) is 0 Å². The van der Waals surface area contributed by atoms with Crippen molar-refractivity contribution in [3.63, 3.8) is 0 Å². The van der Waals surface area contributed by atoms with Crippen LogP contribution in [-0.4, -0.2) is 12.2 Å². The molecule has 2 nitrogen and oxygen atoms in total. The summed E-state index contributed by atoms with van der Waals surface area (Å²) in [5, 5.41) is 0. The summed E-state index contributed by atoms with van der Waals surface area (Å²) < 4.78 is 10.5. The van der Waals surface area contributed by atoms with Crippen LogP contribution in [0.4, 0.5) is 0 Å². The second kappa shape index (κ2) is 2.67. The highest BCUT2D eigenvalue weighted by Gasteiger charge is 2.21. The summed E-state index contributed by atoms with van der Waals surface area (Å²) in [4.78, 5) is 0. The van der Waals surface area contributed by atoms with Gasteiger partial charge in [-0.15, -0.1) is 0 Å². The Hall–Kier alpha value is -0.0800. The Morgan fingerprint density at radius 2 is 1.67 bits per heavy atom. The van der Waals surface area contributed by atoms with Gasteiger partial charge in [-0.25, -0.2) is 0 Å². The largest absolute Gasteiger partial charge is 0.342 e. The van der Waals surface area contributed by atoms with E-state index in [1.807, 2.05) is 6.92 Å². The molecule has 2 atom stereocenters. The molecule has 2 heteroatoms. The zero-order valence-electron chi connectivity index (χ0n) is 6.18. The molecular weight excluding hydrogens is 116 g/mol. The van der Waals surface area contributed by atoms with Crippen molar-refractivity contribution in [2.45, 2.75) is 39.4 Å². The molecule has 1 heterocycles. The van der Waals surface area contributed by atoms with Gasteiger partial charge in [-0.05, 0) is 27.2 Å². The summed E-state index contributed by atoms with van der Waals surface area (Å²) in [7, 11) is 0. The topological polar surface area (TPSA) is 18.5 Å². The third-order valence-electron chi connectivity index (χ3n) is 1.40. The second-order valence-corrected chi connectivity index (χ2v) is 2.58. The van der Waals surface area contributed by atoms with Crippen LogP contribution in [0.1, 0.15) is 27.2 Å². The van der Waals surface area contributed by atoms with Gasteiger partial charge in [-0.1, -0.05) is 0 Å². The molecular formula is C7H13O2. The predicted molar refractivity (Wildman–Crippen MR) is 34.6 cm³/mol. The molecule has 2 unspecified atom stereocenters. The van der Waals surface area contributed by atoms with E-state index in [4.69, 9.17) is 9.47 Å². The first-order valence-electron chi connectivity index (χ1n) is 3.35. The fraction of sp³-hybridized carbons (Fsp3) is 0.857. The molecule has 0 saturated carbocycles. The van der Waals surface area contributed by atoms with E-state index in [9.17, 15) is 0 Å². The van der Waals surface area contributed by atoms with Crippen LogP contribution in [0.3, 0.4) is 0 Å². The van der Waals surface area contributed by atoms with E-state index in [0.717, 1.165) is 6.42 Å². The third-order valence-corrected chi connectivity index (χ3v) is 1.40. The lowest BCUT2D eigenvalue weighted by molar-refractivity contribution is -0.148. The monoisotopic (exact) mass is 129 g/mol. The first kappa shape index (κ1) is 7.03. The maximum Gasteiger partial charge on any atom is 0.221 e. The fourth-order valence-corrected chi connectivity index (χ4v) is 1.16. The summed E-state index contributed by atoms with van der Waals surface area (Å²) in [6.07, 6.45) is 2.36. The number of ether oxygens (including phenoxy) is 2. The predicted octanol–water partition coefficient (Wildman–Crippen LogP) is 1.71. The normalized spacial score (nSPS) is 39.0. The van der Waals surface area contributed by atoms with E-state index in [2.05, 4.69) is 13.8 Å². The average Bonchev–Trinajstić information content (AvgIpc) is 1.59. The molecule has 0 aromatic rings. The van der Waals surface area contributed by atoms with Crippen molar-refractivity contribution in [1.82, 2.24) is 0 Å². The fourth-order valence-electron chi connectivity index (χ4n) is 1.16. The molecule has 1 radical (unpaired) electrons. The molecule has 9 heavy (non-hydrogen) atoms. The molecule has 0 aliphatic carbocycles. The van der Waals surface area contributed by atoms with Gasteiger partial charge in [0.15, 0.2) is 0 Å². The van der Waals surface area contributed by atoms with E-state index in [0.29, 0.717) is 18.5 Å². The van der Waals surface area contributed by atoms with Crippen LogP contribution in [0, 0.1) is 6.29 Å². The van der Waals surface area contributed by atoms with Crippen LogP contribution in [0.15, 0.2) is 0 Å². The zero-order valence-corrected chi connectivity index (χ0v) is 6.18. The summed E-state index contributed by atoms with van der Waals surface area (Å²) in [5.74, 6) is 0. The molecule has 1 rings (SSSR count). The average molecular weight is 129 g/mol. The smallest absolute Gasteiger partial charge is 0.221 e. The van der Waals surface area contributed by atoms with Crippen molar-refractivity contribution in [3.8, 4) is 0 Å². The SMILES string of the molecule is C[C]1OC(C)CC(C)O1. The molecule has 1 saturated heterocycles. The number of rotatable bonds is 0. The van der Waals surface area contributed by atoms with E-state index in [1.165, 1.54) is 0 Å². The van der Waals surface area contributed by atoms with E-state index < -0.39 is 0 Å². The van der Waals surface area contributed by atoms with Crippen LogP contribution >= 0.6 is 0 Å². The number of hydrogen-bond acceptors (Lipinski definition) is 2. The molecule has 0 spiro atoms. The molecule has 53 valence electrons. The van der Waals surface area contributed by atoms with Crippen LogP contribution in [0.5, 0.6) is 0 Å². The Bertz CT molecular complexity index is 67.9. The van der Waals surface area contributed by atoms with Gasteiger partial charge >= 0.3 is 0 Å². The van der Waals surface area contributed by atoms with Crippen molar-refractivity contribution in [3.05, 3.63) is 6.29 Å². The molecule has 0 amide bonds. The Labute approximate surface area is 56.2 Å². The van der Waals surface area contributed by atoms with Crippen molar-refractivity contribution < 1.29 is 9.47 Å². The summed E-state index contributed by atoms with van der Waals surface area (Å²) in [5.41, 5.74) is 0. The Morgan fingerprint density at radius 1 is 1.22 bits per heavy atom. The number of hydrogen-bond donors (Lipinski definition) is 0. The first-order chi connectivity index (χ1) is 4.18. The summed E-state index contributed by atoms with van der Waals surface area (Å²) in [6, 6.07) is 0. The Balaban J connectivity index is 2.34. The van der Waals surface area contributed by atoms with Crippen molar-refractivity contribution in [2.75, 3.05) is 0 Å². The van der Waals surface area contributed by atoms with Gasteiger partial charge < -0.3 is 9.47 Å². The van der Waals surface area contributed by atoms with Crippen molar-refractivity contribution in [2.24, 2.45) is 0 Å². The Kier molecular flexibility index (Phi) is 2.09. The van der Waals surface area contributed by atoms with Gasteiger partial charge in [-0.3, -0.25) is 0 Å². The first-order valence-corrected chi connectivity index (χ1v) is 3.35. The minimum Gasteiger partial charge on any atom is -0.342 e. The van der Waals surface area contributed by atoms with Crippen LogP contribution in [-0.2, 0) is 9.47 Å². The molecule has 0 aromatic carbocycles. The lowest BCUT2D eigenvalue weighted by Gasteiger charge is -2.28. The van der Waals surface area contributed by atoms with Gasteiger partial charge in [0.2, 0.25) is 6.29 Å². The molecule has 1 fully saturated rings. The van der Waals surface area contributed by atoms with Gasteiger partial charge in [0.25, 0.3) is 0 Å². The highest BCUT2D eigenvalue weighted by Crippen LogP contribution is 2.21. The highest BCUT2D eigenvalue weighted by atomic mass is 16.7. The standard InChI is InChI=1S/C7H13O2/c1-5-4-6(2)9-7(3)8-5/h5-6H,4H2,1-3H3. The molecule has 0 aromatic heterocycles. The molecule has 1 aliphatic heterocycles. The maximum atomic E-state index is 5.25. The van der Waals surface area contributed by atoms with Gasteiger partial charge in [0.1, 0.15) is 0 Å². The second-order valence-electron chi connectivity index (χ2n) is 2.58. The van der Waals surface area contributed by atoms with Crippen LogP contribution in [0.25, 0.3) is 0 Å². The third kappa shape index (κ3) is 1.95. The Morgan fingerprint density at radius 3 is 2.00 bits per heavy atom. The van der Waals surface area contributed by atoms with Gasteiger partial charge in [0.05, 0.1) is 12.2 Å². The van der Waals surface area contributed by atoms with E-state index in [-0.39, 0.29) is 0 Å². The summed E-state index contributed by atoms with van der Waals surface area (Å²) >= 11 is 0. The zero-order chi connectivity index (χ0) is 6.85. The van der Waals surface area contributed by atoms with E-state index in [1.54, 1.807) is 0 Å². The minimum atomic E-state index is 0.328. The molecule has 0 bridgehead atoms. The highest BCUT2D eigenvalue weighted by molar-refractivity contribution is 4.71. The van der Waals surface area contributed by atoms with Crippen LogP contribution < -0.4 is 0 Å². The lowest BCUT2D eigenvalue weighted by Crippen LogP contribution is -2.28. The quantitative estimate of drug-likeness (QED) is 0.495. The minimum absolute atomic E-state index is 0.328. The lowest BCUT2D eigenvalue weighted by atomic mass is 10.2. The molecule has 0 N–H and O–H groups in total. The van der Waals surface area contributed by atoms with Gasteiger partial charge in [-0.2, -0.15) is 0 Å². The maximum absolute atomic E-state index is 5.25. The van der Waals surface area contributed by atoms with E-state index >= 15 is 0 Å². The van der Waals surface area contributed by atoms with Gasteiger partial charge in [0, 0.05) is 0 Å².